The number of hydrogen-bond donors (Lipinski definition) is 0. The van der Waals surface area contributed by atoms with E-state index in [4.69, 9.17) is 0 Å². The van der Waals surface area contributed by atoms with Gasteiger partial charge in [-0.15, -0.1) is 0 Å². The van der Waals surface area contributed by atoms with Crippen LogP contribution in [-0.4, -0.2) is 64.6 Å². The molecule has 0 aromatic carbocycles. The molecule has 1 aromatic rings. The van der Waals surface area contributed by atoms with Crippen LogP contribution in [0.2, 0.25) is 0 Å². The highest BCUT2D eigenvalue weighted by atomic mass is 15.3. The fraction of sp³-hybridized carbons (Fsp3) is 0.800. The molecule has 1 saturated heterocycles. The minimum absolute atomic E-state index is 0.602. The first-order valence-corrected chi connectivity index (χ1v) is 10.1. The van der Waals surface area contributed by atoms with E-state index in [1.807, 2.05) is 0 Å². The van der Waals surface area contributed by atoms with Crippen LogP contribution >= 0.6 is 0 Å². The van der Waals surface area contributed by atoms with Gasteiger partial charge in [-0.05, 0) is 32.6 Å². The van der Waals surface area contributed by atoms with E-state index < -0.39 is 0 Å². The molecular weight excluding hydrogens is 310 g/mol. The second kappa shape index (κ2) is 8.00. The Morgan fingerprint density at radius 2 is 1.68 bits per heavy atom. The standard InChI is InChI=1S/C20H35N5/c1-6-16(4)23-9-11-24(12-10-23)20-18-7-8-25(17(5)15(2)3)13-19(18)21-14-22-20/h14-17H,6-13H2,1-5H3. The van der Waals surface area contributed by atoms with E-state index in [9.17, 15) is 0 Å². The Hall–Kier alpha value is -1.20. The SMILES string of the molecule is CCC(C)N1CCN(c2ncnc3c2CCN(C(C)C(C)C)C3)CC1. The van der Waals surface area contributed by atoms with Gasteiger partial charge in [0.15, 0.2) is 0 Å². The highest BCUT2D eigenvalue weighted by molar-refractivity contribution is 5.50. The van der Waals surface area contributed by atoms with Crippen LogP contribution in [0.25, 0.3) is 0 Å². The normalized spacial score (nSPS) is 22.1. The van der Waals surface area contributed by atoms with E-state index in [-0.39, 0.29) is 0 Å². The van der Waals surface area contributed by atoms with E-state index in [0.717, 1.165) is 45.7 Å². The molecular formula is C20H35N5. The molecule has 0 aliphatic carbocycles. The zero-order chi connectivity index (χ0) is 18.0. The molecule has 25 heavy (non-hydrogen) atoms. The molecule has 2 aliphatic rings. The molecule has 5 heteroatoms. The summed E-state index contributed by atoms with van der Waals surface area (Å²) in [6.45, 7) is 18.1. The molecule has 0 spiro atoms. The van der Waals surface area contributed by atoms with Gasteiger partial charge in [-0.3, -0.25) is 9.80 Å². The summed E-state index contributed by atoms with van der Waals surface area (Å²) in [4.78, 5) is 17.0. The fourth-order valence-corrected chi connectivity index (χ4v) is 4.03. The van der Waals surface area contributed by atoms with Crippen LogP contribution < -0.4 is 4.90 Å². The largest absolute Gasteiger partial charge is 0.354 e. The quantitative estimate of drug-likeness (QED) is 0.820. The lowest BCUT2D eigenvalue weighted by Gasteiger charge is -2.40. The Labute approximate surface area is 153 Å². The Kier molecular flexibility index (Phi) is 5.95. The smallest absolute Gasteiger partial charge is 0.135 e. The molecule has 1 aromatic heterocycles. The lowest BCUT2D eigenvalue weighted by molar-refractivity contribution is 0.150. The molecule has 3 rings (SSSR count). The second-order valence-corrected chi connectivity index (χ2v) is 8.11. The topological polar surface area (TPSA) is 35.5 Å². The molecule has 2 unspecified atom stereocenters. The summed E-state index contributed by atoms with van der Waals surface area (Å²) in [5.41, 5.74) is 2.64. The monoisotopic (exact) mass is 345 g/mol. The van der Waals surface area contributed by atoms with Crippen molar-refractivity contribution in [3.63, 3.8) is 0 Å². The molecule has 0 bridgehead atoms. The lowest BCUT2D eigenvalue weighted by atomic mass is 9.99. The van der Waals surface area contributed by atoms with Crippen molar-refractivity contribution in [2.45, 2.75) is 66.1 Å². The van der Waals surface area contributed by atoms with E-state index >= 15 is 0 Å². The summed E-state index contributed by atoms with van der Waals surface area (Å²) in [6, 6.07) is 1.29. The lowest BCUT2D eigenvalue weighted by Crippen LogP contribution is -2.50. The summed E-state index contributed by atoms with van der Waals surface area (Å²) < 4.78 is 0. The van der Waals surface area contributed by atoms with Gasteiger partial charge in [-0.25, -0.2) is 9.97 Å². The first-order valence-electron chi connectivity index (χ1n) is 10.1. The van der Waals surface area contributed by atoms with Crippen LogP contribution in [0.15, 0.2) is 6.33 Å². The molecule has 5 nitrogen and oxygen atoms in total. The fourth-order valence-electron chi connectivity index (χ4n) is 4.03. The molecule has 0 amide bonds. The van der Waals surface area contributed by atoms with Crippen molar-refractivity contribution < 1.29 is 0 Å². The van der Waals surface area contributed by atoms with Gasteiger partial charge in [-0.1, -0.05) is 20.8 Å². The molecule has 3 heterocycles. The van der Waals surface area contributed by atoms with Gasteiger partial charge in [0.2, 0.25) is 0 Å². The van der Waals surface area contributed by atoms with Gasteiger partial charge >= 0.3 is 0 Å². The number of hydrogen-bond acceptors (Lipinski definition) is 5. The van der Waals surface area contributed by atoms with Crippen LogP contribution in [-0.2, 0) is 13.0 Å². The van der Waals surface area contributed by atoms with Crippen molar-refractivity contribution in [3.05, 3.63) is 17.6 Å². The van der Waals surface area contributed by atoms with Crippen LogP contribution in [0.1, 0.15) is 52.3 Å². The van der Waals surface area contributed by atoms with E-state index in [1.165, 1.54) is 23.5 Å². The predicted octanol–water partition coefficient (Wildman–Crippen LogP) is 2.80. The maximum Gasteiger partial charge on any atom is 0.135 e. The maximum absolute atomic E-state index is 4.69. The van der Waals surface area contributed by atoms with Crippen molar-refractivity contribution in [1.82, 2.24) is 19.8 Å². The highest BCUT2D eigenvalue weighted by Gasteiger charge is 2.28. The number of anilines is 1. The maximum atomic E-state index is 4.69. The van der Waals surface area contributed by atoms with E-state index in [2.05, 4.69) is 59.3 Å². The number of nitrogens with zero attached hydrogens (tertiary/aromatic N) is 5. The van der Waals surface area contributed by atoms with Crippen LogP contribution in [0.3, 0.4) is 0 Å². The zero-order valence-electron chi connectivity index (χ0n) is 16.7. The molecule has 2 aliphatic heterocycles. The van der Waals surface area contributed by atoms with Crippen molar-refractivity contribution >= 4 is 5.82 Å². The molecule has 0 radical (unpaired) electrons. The van der Waals surface area contributed by atoms with E-state index in [1.54, 1.807) is 6.33 Å². The van der Waals surface area contributed by atoms with Gasteiger partial charge in [0.05, 0.1) is 5.69 Å². The summed E-state index contributed by atoms with van der Waals surface area (Å²) in [5.74, 6) is 1.88. The van der Waals surface area contributed by atoms with Crippen LogP contribution in [0.5, 0.6) is 0 Å². The Bertz CT molecular complexity index is 565. The van der Waals surface area contributed by atoms with Crippen molar-refractivity contribution in [2.75, 3.05) is 37.6 Å². The average molecular weight is 346 g/mol. The van der Waals surface area contributed by atoms with Crippen LogP contribution in [0.4, 0.5) is 5.82 Å². The van der Waals surface area contributed by atoms with E-state index in [0.29, 0.717) is 18.0 Å². The molecule has 0 saturated carbocycles. The van der Waals surface area contributed by atoms with Crippen molar-refractivity contribution in [1.29, 1.82) is 0 Å². The molecule has 1 fully saturated rings. The minimum Gasteiger partial charge on any atom is -0.354 e. The molecule has 140 valence electrons. The Morgan fingerprint density at radius 3 is 2.32 bits per heavy atom. The molecule has 0 N–H and O–H groups in total. The first kappa shape index (κ1) is 18.6. The first-order chi connectivity index (χ1) is 12.0. The third-order valence-electron chi connectivity index (χ3n) is 6.38. The third-order valence-corrected chi connectivity index (χ3v) is 6.38. The van der Waals surface area contributed by atoms with Gasteiger partial charge in [0, 0.05) is 56.9 Å². The number of rotatable bonds is 5. The van der Waals surface area contributed by atoms with Gasteiger partial charge in [0.25, 0.3) is 0 Å². The molecule has 2 atom stereocenters. The minimum atomic E-state index is 0.602. The zero-order valence-corrected chi connectivity index (χ0v) is 16.7. The predicted molar refractivity (Wildman–Crippen MR) is 104 cm³/mol. The summed E-state index contributed by atoms with van der Waals surface area (Å²) in [6.07, 6.45) is 4.08. The van der Waals surface area contributed by atoms with Crippen molar-refractivity contribution in [2.24, 2.45) is 5.92 Å². The van der Waals surface area contributed by atoms with Crippen LogP contribution in [0, 0.1) is 5.92 Å². The second-order valence-electron chi connectivity index (χ2n) is 8.11. The van der Waals surface area contributed by atoms with Gasteiger partial charge < -0.3 is 4.90 Å². The third kappa shape index (κ3) is 3.98. The Morgan fingerprint density at radius 1 is 0.960 bits per heavy atom. The summed E-state index contributed by atoms with van der Waals surface area (Å²) >= 11 is 0. The Balaban J connectivity index is 1.71. The summed E-state index contributed by atoms with van der Waals surface area (Å²) in [7, 11) is 0. The highest BCUT2D eigenvalue weighted by Crippen LogP contribution is 2.28. The summed E-state index contributed by atoms with van der Waals surface area (Å²) in [5, 5.41) is 0. The number of aromatic nitrogens is 2. The number of piperazine rings is 1. The van der Waals surface area contributed by atoms with Gasteiger partial charge in [0.1, 0.15) is 12.1 Å². The van der Waals surface area contributed by atoms with Crippen molar-refractivity contribution in [3.8, 4) is 0 Å². The number of fused-ring (bicyclic) bond motifs is 1. The van der Waals surface area contributed by atoms with Gasteiger partial charge in [-0.2, -0.15) is 0 Å². The average Bonchev–Trinajstić information content (AvgIpc) is 2.65.